The van der Waals surface area contributed by atoms with Gasteiger partial charge in [0.1, 0.15) is 39.7 Å². The first-order chi connectivity index (χ1) is 16.1. The molecule has 0 fully saturated rings. The van der Waals surface area contributed by atoms with Crippen LogP contribution in [0.5, 0.6) is 23.0 Å². The Morgan fingerprint density at radius 1 is 0.758 bits per heavy atom. The number of hydrogen-bond donors (Lipinski definition) is 0. The Labute approximate surface area is 195 Å². The van der Waals surface area contributed by atoms with Crippen molar-refractivity contribution in [2.75, 3.05) is 28.4 Å². The molecule has 0 unspecified atom stereocenters. The van der Waals surface area contributed by atoms with Crippen molar-refractivity contribution in [2.45, 2.75) is 51.9 Å². The molecule has 1 aromatic heterocycles. The molecule has 0 atom stereocenters. The lowest BCUT2D eigenvalue weighted by Gasteiger charge is -2.15. The first-order valence-electron chi connectivity index (χ1n) is 11.5. The smallest absolute Gasteiger partial charge is 0.200 e. The van der Waals surface area contributed by atoms with Crippen LogP contribution in [-0.2, 0) is 6.42 Å². The number of hydrogen-bond acceptors (Lipinski definition) is 6. The minimum atomic E-state index is -0.0859. The molecule has 2 aromatic carbocycles. The lowest BCUT2D eigenvalue weighted by atomic mass is 9.98. The van der Waals surface area contributed by atoms with Gasteiger partial charge in [-0.1, -0.05) is 39.0 Å². The van der Waals surface area contributed by atoms with Gasteiger partial charge in [-0.25, -0.2) is 0 Å². The number of rotatable bonds is 12. The standard InChI is InChI=1S/C27H34O6/c1-6-7-8-9-10-11-12-21-26(28)25-23(32-5)16-19(30-3)17-24(25)33-27(21)20-14-13-18(29-2)15-22(20)31-4/h13-17H,6-12H2,1-5H3. The lowest BCUT2D eigenvalue weighted by Crippen LogP contribution is -2.13. The van der Waals surface area contributed by atoms with Crippen LogP contribution in [0.4, 0.5) is 0 Å². The fourth-order valence-electron chi connectivity index (χ4n) is 4.09. The van der Waals surface area contributed by atoms with E-state index in [1.54, 1.807) is 46.6 Å². The van der Waals surface area contributed by atoms with E-state index >= 15 is 0 Å². The highest BCUT2D eigenvalue weighted by Gasteiger charge is 2.22. The molecule has 3 rings (SSSR count). The minimum absolute atomic E-state index is 0.0859. The van der Waals surface area contributed by atoms with Gasteiger partial charge in [-0.2, -0.15) is 0 Å². The third-order valence-corrected chi connectivity index (χ3v) is 5.92. The zero-order valence-corrected chi connectivity index (χ0v) is 20.3. The zero-order chi connectivity index (χ0) is 23.8. The highest BCUT2D eigenvalue weighted by molar-refractivity contribution is 5.88. The molecule has 0 radical (unpaired) electrons. The van der Waals surface area contributed by atoms with Crippen LogP contribution in [0, 0.1) is 0 Å². The summed E-state index contributed by atoms with van der Waals surface area (Å²) >= 11 is 0. The predicted octanol–water partition coefficient (Wildman–Crippen LogP) is 6.40. The van der Waals surface area contributed by atoms with Crippen LogP contribution >= 0.6 is 0 Å². The number of fused-ring (bicyclic) bond motifs is 1. The monoisotopic (exact) mass is 454 g/mol. The van der Waals surface area contributed by atoms with Crippen LogP contribution in [0.25, 0.3) is 22.3 Å². The summed E-state index contributed by atoms with van der Waals surface area (Å²) in [6, 6.07) is 8.92. The Hall–Kier alpha value is -3.15. The maximum Gasteiger partial charge on any atom is 0.200 e. The van der Waals surface area contributed by atoms with Crippen molar-refractivity contribution in [1.82, 2.24) is 0 Å². The van der Waals surface area contributed by atoms with Gasteiger partial charge < -0.3 is 23.4 Å². The van der Waals surface area contributed by atoms with Crippen LogP contribution < -0.4 is 24.4 Å². The summed E-state index contributed by atoms with van der Waals surface area (Å²) in [4.78, 5) is 13.7. The Morgan fingerprint density at radius 2 is 1.42 bits per heavy atom. The molecule has 6 heteroatoms. The van der Waals surface area contributed by atoms with Gasteiger partial charge in [0.15, 0.2) is 5.43 Å². The molecule has 0 bridgehead atoms. The van der Waals surface area contributed by atoms with Crippen molar-refractivity contribution in [2.24, 2.45) is 0 Å². The molecule has 0 N–H and O–H groups in total. The van der Waals surface area contributed by atoms with E-state index in [2.05, 4.69) is 6.92 Å². The molecule has 3 aromatic rings. The third kappa shape index (κ3) is 5.44. The van der Waals surface area contributed by atoms with Crippen molar-refractivity contribution in [3.05, 3.63) is 46.1 Å². The molecular formula is C27H34O6. The Morgan fingerprint density at radius 3 is 2.09 bits per heavy atom. The molecule has 0 aliphatic heterocycles. The van der Waals surface area contributed by atoms with Gasteiger partial charge in [0.2, 0.25) is 0 Å². The molecule has 0 spiro atoms. The minimum Gasteiger partial charge on any atom is -0.497 e. The van der Waals surface area contributed by atoms with E-state index in [1.165, 1.54) is 19.3 Å². The second-order valence-corrected chi connectivity index (χ2v) is 8.03. The first-order valence-corrected chi connectivity index (χ1v) is 11.5. The fourth-order valence-corrected chi connectivity index (χ4v) is 4.09. The second-order valence-electron chi connectivity index (χ2n) is 8.03. The Bertz CT molecular complexity index is 1130. The second kappa shape index (κ2) is 11.6. The molecule has 1 heterocycles. The van der Waals surface area contributed by atoms with Crippen molar-refractivity contribution in [3.63, 3.8) is 0 Å². The largest absolute Gasteiger partial charge is 0.497 e. The van der Waals surface area contributed by atoms with Crippen LogP contribution in [-0.4, -0.2) is 28.4 Å². The summed E-state index contributed by atoms with van der Waals surface area (Å²) in [5, 5.41) is 0.426. The van der Waals surface area contributed by atoms with Gasteiger partial charge in [-0.15, -0.1) is 0 Å². The van der Waals surface area contributed by atoms with Gasteiger partial charge >= 0.3 is 0 Å². The van der Waals surface area contributed by atoms with Crippen LogP contribution in [0.1, 0.15) is 51.0 Å². The van der Waals surface area contributed by atoms with Crippen LogP contribution in [0.3, 0.4) is 0 Å². The van der Waals surface area contributed by atoms with Gasteiger partial charge in [0, 0.05) is 23.8 Å². The average molecular weight is 455 g/mol. The van der Waals surface area contributed by atoms with E-state index in [-0.39, 0.29) is 5.43 Å². The van der Waals surface area contributed by atoms with E-state index < -0.39 is 0 Å². The van der Waals surface area contributed by atoms with Crippen molar-refractivity contribution < 1.29 is 23.4 Å². The molecule has 0 amide bonds. The predicted molar refractivity (Wildman–Crippen MR) is 131 cm³/mol. The number of methoxy groups -OCH3 is 4. The summed E-state index contributed by atoms with van der Waals surface area (Å²) in [7, 11) is 6.31. The fraction of sp³-hybridized carbons (Fsp3) is 0.444. The summed E-state index contributed by atoms with van der Waals surface area (Å²) in [6.45, 7) is 2.21. The van der Waals surface area contributed by atoms with E-state index in [0.29, 0.717) is 57.3 Å². The van der Waals surface area contributed by atoms with Crippen molar-refractivity contribution >= 4 is 11.0 Å². The quantitative estimate of drug-likeness (QED) is 0.295. The zero-order valence-electron chi connectivity index (χ0n) is 20.3. The van der Waals surface area contributed by atoms with Gasteiger partial charge in [-0.3, -0.25) is 4.79 Å². The summed E-state index contributed by atoms with van der Waals surface area (Å²) in [6.07, 6.45) is 7.42. The van der Waals surface area contributed by atoms with E-state index in [9.17, 15) is 4.79 Å². The van der Waals surface area contributed by atoms with E-state index in [1.807, 2.05) is 12.1 Å². The molecule has 0 saturated carbocycles. The van der Waals surface area contributed by atoms with Crippen LogP contribution in [0.15, 0.2) is 39.5 Å². The molecular weight excluding hydrogens is 420 g/mol. The lowest BCUT2D eigenvalue weighted by molar-refractivity contribution is 0.394. The highest BCUT2D eigenvalue weighted by Crippen LogP contribution is 2.38. The van der Waals surface area contributed by atoms with Crippen molar-refractivity contribution in [3.8, 4) is 34.3 Å². The molecule has 33 heavy (non-hydrogen) atoms. The molecule has 0 aliphatic carbocycles. The Balaban J connectivity index is 2.16. The normalized spacial score (nSPS) is 10.9. The van der Waals surface area contributed by atoms with E-state index in [4.69, 9.17) is 23.4 Å². The van der Waals surface area contributed by atoms with Gasteiger partial charge in [0.05, 0.1) is 34.0 Å². The SMILES string of the molecule is CCCCCCCCc1c(-c2ccc(OC)cc2OC)oc2cc(OC)cc(OC)c2c1=O. The summed E-state index contributed by atoms with van der Waals surface area (Å²) in [5.41, 5.74) is 1.66. The number of ether oxygens (including phenoxy) is 4. The summed E-state index contributed by atoms with van der Waals surface area (Å²) in [5.74, 6) is 2.75. The number of unbranched alkanes of at least 4 members (excludes halogenated alkanes) is 5. The molecule has 0 aliphatic rings. The van der Waals surface area contributed by atoms with E-state index in [0.717, 1.165) is 19.3 Å². The topological polar surface area (TPSA) is 67.1 Å². The Kier molecular flexibility index (Phi) is 8.64. The molecule has 178 valence electrons. The van der Waals surface area contributed by atoms with Gasteiger partial charge in [0.25, 0.3) is 0 Å². The maximum atomic E-state index is 13.7. The van der Waals surface area contributed by atoms with Gasteiger partial charge in [-0.05, 0) is 25.0 Å². The molecule has 0 saturated heterocycles. The third-order valence-electron chi connectivity index (χ3n) is 5.92. The highest BCUT2D eigenvalue weighted by atomic mass is 16.5. The summed E-state index contributed by atoms with van der Waals surface area (Å²) < 4.78 is 28.2. The first kappa shape index (κ1) is 24.5. The van der Waals surface area contributed by atoms with Crippen LogP contribution in [0.2, 0.25) is 0 Å². The number of benzene rings is 2. The van der Waals surface area contributed by atoms with Crippen molar-refractivity contribution in [1.29, 1.82) is 0 Å². The maximum absolute atomic E-state index is 13.7. The molecule has 6 nitrogen and oxygen atoms in total. The average Bonchev–Trinajstić information content (AvgIpc) is 2.85.